The summed E-state index contributed by atoms with van der Waals surface area (Å²) in [5.74, 6) is -0.995. The molecular weight excluding hydrogens is 402 g/mol. The quantitative estimate of drug-likeness (QED) is 0.550. The summed E-state index contributed by atoms with van der Waals surface area (Å²) in [6, 6.07) is 25.7. The van der Waals surface area contributed by atoms with Gasteiger partial charge in [0.1, 0.15) is 5.60 Å². The highest BCUT2D eigenvalue weighted by molar-refractivity contribution is 5.98. The maximum absolute atomic E-state index is 12.7. The summed E-state index contributed by atoms with van der Waals surface area (Å²) in [7, 11) is 0. The van der Waals surface area contributed by atoms with Crippen molar-refractivity contribution in [2.45, 2.75) is 18.4 Å². The number of ketones is 1. The number of hydrogen-bond acceptors (Lipinski definition) is 4. The zero-order valence-corrected chi connectivity index (χ0v) is 17.9. The predicted octanol–water partition coefficient (Wildman–Crippen LogP) is 4.22. The molecule has 1 fully saturated rings. The number of carbonyl (C=O) groups excluding carboxylic acids is 1. The van der Waals surface area contributed by atoms with E-state index in [9.17, 15) is 14.7 Å². The second kappa shape index (κ2) is 9.47. The maximum atomic E-state index is 12.7. The molecule has 1 saturated heterocycles. The molecule has 5 nitrogen and oxygen atoms in total. The Bertz CT molecular complexity index is 1020. The Morgan fingerprint density at radius 1 is 0.781 bits per heavy atom. The normalized spacial score (nSPS) is 15.4. The van der Waals surface area contributed by atoms with Gasteiger partial charge in [0.25, 0.3) is 0 Å². The van der Waals surface area contributed by atoms with Crippen molar-refractivity contribution in [1.82, 2.24) is 4.90 Å². The van der Waals surface area contributed by atoms with Gasteiger partial charge in [-0.3, -0.25) is 9.69 Å². The van der Waals surface area contributed by atoms with Crippen molar-refractivity contribution in [3.63, 3.8) is 0 Å². The van der Waals surface area contributed by atoms with Crippen molar-refractivity contribution in [3.8, 4) is 0 Å². The second-order valence-electron chi connectivity index (χ2n) is 8.35. The third kappa shape index (κ3) is 4.49. The van der Waals surface area contributed by atoms with Crippen LogP contribution in [-0.2, 0) is 5.60 Å². The lowest BCUT2D eigenvalue weighted by molar-refractivity contribution is -0.0133. The van der Waals surface area contributed by atoms with E-state index < -0.39 is 11.6 Å². The van der Waals surface area contributed by atoms with Crippen LogP contribution < -0.4 is 0 Å². The summed E-state index contributed by atoms with van der Waals surface area (Å²) in [4.78, 5) is 25.8. The zero-order valence-electron chi connectivity index (χ0n) is 17.9. The fraction of sp³-hybridized carbons (Fsp3) is 0.259. The molecule has 4 rings (SSSR count). The van der Waals surface area contributed by atoms with Crippen LogP contribution in [0.15, 0.2) is 84.9 Å². The Morgan fingerprint density at radius 2 is 1.25 bits per heavy atom. The van der Waals surface area contributed by atoms with E-state index in [2.05, 4.69) is 4.90 Å². The van der Waals surface area contributed by atoms with Crippen LogP contribution in [0, 0.1) is 5.92 Å². The fourth-order valence-corrected chi connectivity index (χ4v) is 4.62. The highest BCUT2D eigenvalue weighted by atomic mass is 16.4. The molecule has 3 aromatic carbocycles. The van der Waals surface area contributed by atoms with Crippen molar-refractivity contribution < 1.29 is 19.8 Å². The smallest absolute Gasteiger partial charge is 0.335 e. The number of carboxylic acids is 1. The molecule has 32 heavy (non-hydrogen) atoms. The van der Waals surface area contributed by atoms with Gasteiger partial charge >= 0.3 is 5.97 Å². The van der Waals surface area contributed by atoms with E-state index in [0.29, 0.717) is 18.7 Å². The maximum Gasteiger partial charge on any atom is 0.335 e. The highest BCUT2D eigenvalue weighted by Gasteiger charge is 2.41. The number of aliphatic hydroxyl groups is 1. The van der Waals surface area contributed by atoms with E-state index in [0.717, 1.165) is 24.0 Å². The molecule has 0 aliphatic carbocycles. The van der Waals surface area contributed by atoms with Crippen LogP contribution in [-0.4, -0.2) is 46.5 Å². The summed E-state index contributed by atoms with van der Waals surface area (Å²) < 4.78 is 0. The first-order chi connectivity index (χ1) is 15.5. The van der Waals surface area contributed by atoms with Crippen LogP contribution in [0.3, 0.4) is 0 Å². The van der Waals surface area contributed by atoms with Crippen LogP contribution in [0.4, 0.5) is 0 Å². The van der Waals surface area contributed by atoms with Crippen LogP contribution >= 0.6 is 0 Å². The molecule has 0 radical (unpaired) electrons. The Kier molecular flexibility index (Phi) is 6.49. The van der Waals surface area contributed by atoms with Crippen LogP contribution in [0.25, 0.3) is 0 Å². The third-order valence-electron chi connectivity index (χ3n) is 6.43. The number of aromatic carboxylic acids is 1. The van der Waals surface area contributed by atoms with Crippen molar-refractivity contribution in [3.05, 3.63) is 107 Å². The van der Waals surface area contributed by atoms with Crippen LogP contribution in [0.2, 0.25) is 0 Å². The van der Waals surface area contributed by atoms with Gasteiger partial charge in [0, 0.05) is 5.56 Å². The predicted molar refractivity (Wildman–Crippen MR) is 123 cm³/mol. The minimum atomic E-state index is -1.08. The van der Waals surface area contributed by atoms with Crippen molar-refractivity contribution >= 4 is 11.8 Å². The molecule has 3 aromatic rings. The minimum Gasteiger partial charge on any atom is -0.478 e. The Labute approximate surface area is 187 Å². The number of likely N-dealkylation sites (tertiary alicyclic amines) is 1. The molecule has 2 N–H and O–H groups in total. The number of carboxylic acid groups (broad SMARTS) is 1. The van der Waals surface area contributed by atoms with E-state index in [1.54, 1.807) is 12.1 Å². The largest absolute Gasteiger partial charge is 0.478 e. The summed E-state index contributed by atoms with van der Waals surface area (Å²) in [6.45, 7) is 1.71. The van der Waals surface area contributed by atoms with Gasteiger partial charge in [-0.15, -0.1) is 0 Å². The molecule has 1 aliphatic rings. The summed E-state index contributed by atoms with van der Waals surface area (Å²) in [6.07, 6.45) is 1.54. The molecule has 0 saturated carbocycles. The lowest BCUT2D eigenvalue weighted by Crippen LogP contribution is -2.45. The molecule has 164 valence electrons. The zero-order chi connectivity index (χ0) is 22.6. The molecule has 0 unspecified atom stereocenters. The number of nitrogens with zero attached hydrogens (tertiary/aromatic N) is 1. The fourth-order valence-electron chi connectivity index (χ4n) is 4.62. The Balaban J connectivity index is 1.45. The van der Waals surface area contributed by atoms with Gasteiger partial charge in [-0.1, -0.05) is 72.8 Å². The molecule has 0 bridgehead atoms. The molecule has 0 spiro atoms. The monoisotopic (exact) mass is 429 g/mol. The third-order valence-corrected chi connectivity index (χ3v) is 6.43. The first kappa shape index (κ1) is 21.9. The van der Waals surface area contributed by atoms with Crippen molar-refractivity contribution in [2.75, 3.05) is 19.6 Å². The van der Waals surface area contributed by atoms with Crippen LogP contribution in [0.5, 0.6) is 0 Å². The van der Waals surface area contributed by atoms with Gasteiger partial charge in [0.2, 0.25) is 0 Å². The first-order valence-electron chi connectivity index (χ1n) is 10.9. The van der Waals surface area contributed by atoms with Gasteiger partial charge in [-0.2, -0.15) is 0 Å². The standard InChI is InChI=1S/C27H27NO4/c29-25(20-11-13-21(14-12-20)26(30)31)19-28-17-15-24(16-18-28)27(32,22-7-3-1-4-8-22)23-9-5-2-6-10-23/h1-14,24,32H,15-19H2,(H,30,31). The van der Waals surface area contributed by atoms with E-state index >= 15 is 0 Å². The molecular formula is C27H27NO4. The molecule has 5 heteroatoms. The topological polar surface area (TPSA) is 77.8 Å². The Morgan fingerprint density at radius 3 is 1.72 bits per heavy atom. The number of Topliss-reactive ketones (excluding diaryl/α,β-unsaturated/α-hetero) is 1. The summed E-state index contributed by atoms with van der Waals surface area (Å²) >= 11 is 0. The average molecular weight is 430 g/mol. The van der Waals surface area contributed by atoms with Crippen LogP contribution in [0.1, 0.15) is 44.7 Å². The first-order valence-corrected chi connectivity index (χ1v) is 10.9. The Hall–Kier alpha value is -3.28. The lowest BCUT2D eigenvalue weighted by atomic mass is 9.72. The SMILES string of the molecule is O=C(O)c1ccc(C(=O)CN2CCC(C(O)(c3ccccc3)c3ccccc3)CC2)cc1. The van der Waals surface area contributed by atoms with Gasteiger partial charge in [0.05, 0.1) is 12.1 Å². The number of carbonyl (C=O) groups is 2. The number of piperidine rings is 1. The number of hydrogen-bond donors (Lipinski definition) is 2. The van der Waals surface area contributed by atoms with Gasteiger partial charge in [0.15, 0.2) is 5.78 Å². The van der Waals surface area contributed by atoms with Gasteiger partial charge in [-0.25, -0.2) is 4.79 Å². The van der Waals surface area contributed by atoms with Gasteiger partial charge < -0.3 is 10.2 Å². The highest BCUT2D eigenvalue weighted by Crippen LogP contribution is 2.41. The molecule has 0 amide bonds. The average Bonchev–Trinajstić information content (AvgIpc) is 2.85. The minimum absolute atomic E-state index is 0.0261. The van der Waals surface area contributed by atoms with Crippen molar-refractivity contribution in [1.29, 1.82) is 0 Å². The molecule has 0 aromatic heterocycles. The van der Waals surface area contributed by atoms with E-state index in [4.69, 9.17) is 5.11 Å². The lowest BCUT2D eigenvalue weighted by Gasteiger charge is -2.42. The second-order valence-corrected chi connectivity index (χ2v) is 8.35. The van der Waals surface area contributed by atoms with E-state index in [-0.39, 0.29) is 23.8 Å². The molecule has 1 heterocycles. The van der Waals surface area contributed by atoms with Crippen molar-refractivity contribution in [2.24, 2.45) is 5.92 Å². The van der Waals surface area contributed by atoms with E-state index in [1.165, 1.54) is 12.1 Å². The molecule has 0 atom stereocenters. The summed E-state index contributed by atoms with van der Waals surface area (Å²) in [5.41, 5.74) is 1.38. The molecule has 1 aliphatic heterocycles. The summed E-state index contributed by atoms with van der Waals surface area (Å²) in [5, 5.41) is 21.0. The number of rotatable bonds is 7. The number of benzene rings is 3. The van der Waals surface area contributed by atoms with E-state index in [1.807, 2.05) is 60.7 Å². The van der Waals surface area contributed by atoms with Gasteiger partial charge in [-0.05, 0) is 55.1 Å².